The van der Waals surface area contributed by atoms with Crippen molar-refractivity contribution in [2.24, 2.45) is 5.92 Å². The summed E-state index contributed by atoms with van der Waals surface area (Å²) in [4.78, 5) is 0. The quantitative estimate of drug-likeness (QED) is 0.375. The average Bonchev–Trinajstić information content (AvgIpc) is 3.40. The van der Waals surface area contributed by atoms with E-state index >= 15 is 0 Å². The smallest absolute Gasteiger partial charge is 0.0796 e. The molecular formula is C23H38B-. The second kappa shape index (κ2) is 7.89. The largest absolute Gasteiger partial charge is 0.314 e. The third-order valence-electron chi connectivity index (χ3n) is 8.68. The van der Waals surface area contributed by atoms with Crippen LogP contribution in [0.5, 0.6) is 0 Å². The van der Waals surface area contributed by atoms with E-state index in [9.17, 15) is 0 Å². The average molecular weight is 325 g/mol. The van der Waals surface area contributed by atoms with Crippen LogP contribution in [0.1, 0.15) is 109 Å². The number of hydrogen-bond acceptors (Lipinski definition) is 0. The van der Waals surface area contributed by atoms with Crippen molar-refractivity contribution >= 4 is 6.15 Å². The van der Waals surface area contributed by atoms with Crippen molar-refractivity contribution < 1.29 is 0 Å². The highest BCUT2D eigenvalue weighted by Gasteiger charge is 2.45. The molecule has 0 amide bonds. The van der Waals surface area contributed by atoms with Crippen LogP contribution in [-0.4, -0.2) is 6.15 Å². The van der Waals surface area contributed by atoms with Crippen LogP contribution in [0, 0.1) is 17.7 Å². The van der Waals surface area contributed by atoms with Gasteiger partial charge in [-0.1, -0.05) is 96.3 Å². The Morgan fingerprint density at radius 3 is 1.25 bits per heavy atom. The van der Waals surface area contributed by atoms with Crippen LogP contribution in [0.15, 0.2) is 0 Å². The fraction of sp³-hybridized carbons (Fsp3) is 0.913. The molecule has 0 saturated heterocycles. The molecule has 0 heterocycles. The van der Waals surface area contributed by atoms with E-state index in [0.29, 0.717) is 0 Å². The highest BCUT2D eigenvalue weighted by Crippen LogP contribution is 2.58. The van der Waals surface area contributed by atoms with Gasteiger partial charge in [-0.05, 0) is 12.8 Å². The van der Waals surface area contributed by atoms with Crippen molar-refractivity contribution in [2.45, 2.75) is 127 Å². The normalized spacial score (nSPS) is 28.3. The molecule has 0 aromatic heterocycles. The highest BCUT2D eigenvalue weighted by atomic mass is 14.3. The van der Waals surface area contributed by atoms with Crippen LogP contribution in [0.4, 0.5) is 0 Å². The van der Waals surface area contributed by atoms with Gasteiger partial charge in [0.15, 0.2) is 0 Å². The summed E-state index contributed by atoms with van der Waals surface area (Å²) in [5.41, 5.74) is 0. The molecule has 0 aromatic carbocycles. The monoisotopic (exact) mass is 325 g/mol. The summed E-state index contributed by atoms with van der Waals surface area (Å²) in [7, 11) is 0. The third kappa shape index (κ3) is 3.32. The minimum atomic E-state index is -0.411. The van der Waals surface area contributed by atoms with Gasteiger partial charge in [0.2, 0.25) is 0 Å². The zero-order chi connectivity index (χ0) is 16.2. The second-order valence-corrected chi connectivity index (χ2v) is 9.83. The van der Waals surface area contributed by atoms with Crippen LogP contribution < -0.4 is 0 Å². The maximum absolute atomic E-state index is 4.24. The van der Waals surface area contributed by atoms with Gasteiger partial charge in [0.25, 0.3) is 0 Å². The Kier molecular flexibility index (Phi) is 5.61. The Bertz CT molecular complexity index is 405. The summed E-state index contributed by atoms with van der Waals surface area (Å²) >= 11 is 0. The molecule has 0 spiro atoms. The fourth-order valence-electron chi connectivity index (χ4n) is 7.54. The fourth-order valence-corrected chi connectivity index (χ4v) is 7.54. The predicted molar refractivity (Wildman–Crippen MR) is 107 cm³/mol. The van der Waals surface area contributed by atoms with Gasteiger partial charge in [0.1, 0.15) is 0 Å². The first-order chi connectivity index (χ1) is 11.9. The van der Waals surface area contributed by atoms with Crippen LogP contribution in [-0.2, 0) is 0 Å². The molecule has 24 heavy (non-hydrogen) atoms. The lowest BCUT2D eigenvalue weighted by molar-refractivity contribution is 0.430. The molecule has 0 N–H and O–H groups in total. The van der Waals surface area contributed by atoms with Crippen LogP contribution in [0.3, 0.4) is 0 Å². The Labute approximate surface area is 150 Å². The van der Waals surface area contributed by atoms with Gasteiger partial charge in [-0.15, -0.1) is 5.92 Å². The molecule has 0 aliphatic heterocycles. The molecule has 134 valence electrons. The van der Waals surface area contributed by atoms with Crippen LogP contribution in [0.25, 0.3) is 0 Å². The number of rotatable bonds is 3. The van der Waals surface area contributed by atoms with Crippen molar-refractivity contribution in [3.63, 3.8) is 0 Å². The Balaban J connectivity index is 1.66. The lowest BCUT2D eigenvalue weighted by Crippen LogP contribution is -2.46. The van der Waals surface area contributed by atoms with Gasteiger partial charge in [-0.2, -0.15) is 17.5 Å². The lowest BCUT2D eigenvalue weighted by Gasteiger charge is -2.51. The van der Waals surface area contributed by atoms with Gasteiger partial charge in [0, 0.05) is 5.92 Å². The molecule has 0 unspecified atom stereocenters. The zero-order valence-corrected chi connectivity index (χ0v) is 15.9. The molecule has 4 aliphatic carbocycles. The summed E-state index contributed by atoms with van der Waals surface area (Å²) in [6.45, 7) is 0. The molecule has 4 fully saturated rings. The van der Waals surface area contributed by atoms with E-state index < -0.39 is 6.15 Å². The SMILES string of the molecule is C(#C[B-](C1CCCC1)(C1CCCC1)C1CCCC1)C1CCCCC1. The van der Waals surface area contributed by atoms with Crippen LogP contribution >= 0.6 is 0 Å². The summed E-state index contributed by atoms with van der Waals surface area (Å²) in [5, 5.41) is 0. The van der Waals surface area contributed by atoms with Crippen molar-refractivity contribution in [1.29, 1.82) is 0 Å². The van der Waals surface area contributed by atoms with E-state index in [1.165, 1.54) is 109 Å². The van der Waals surface area contributed by atoms with Gasteiger partial charge in [-0.3, -0.25) is 0 Å². The summed E-state index contributed by atoms with van der Waals surface area (Å²) < 4.78 is 0. The molecule has 4 saturated carbocycles. The molecule has 4 rings (SSSR count). The number of hydrogen-bond donors (Lipinski definition) is 0. The molecular weight excluding hydrogens is 287 g/mol. The Hall–Kier alpha value is -0.375. The van der Waals surface area contributed by atoms with E-state index in [-0.39, 0.29) is 0 Å². The maximum Gasteiger partial charge on any atom is 0.0796 e. The molecule has 0 bridgehead atoms. The molecule has 4 aliphatic rings. The van der Waals surface area contributed by atoms with Crippen LogP contribution in [0.2, 0.25) is 17.5 Å². The molecule has 0 aromatic rings. The van der Waals surface area contributed by atoms with Crippen molar-refractivity contribution in [1.82, 2.24) is 0 Å². The van der Waals surface area contributed by atoms with E-state index in [2.05, 4.69) is 11.7 Å². The van der Waals surface area contributed by atoms with Crippen molar-refractivity contribution in [3.8, 4) is 11.7 Å². The highest BCUT2D eigenvalue weighted by molar-refractivity contribution is 6.91. The van der Waals surface area contributed by atoms with Crippen molar-refractivity contribution in [3.05, 3.63) is 0 Å². The second-order valence-electron chi connectivity index (χ2n) is 9.83. The lowest BCUT2D eigenvalue weighted by atomic mass is 9.08. The van der Waals surface area contributed by atoms with Crippen molar-refractivity contribution in [2.75, 3.05) is 0 Å². The summed E-state index contributed by atoms with van der Waals surface area (Å²) in [6.07, 6.45) is 24.8. The summed E-state index contributed by atoms with van der Waals surface area (Å²) in [5.74, 6) is 12.0. The minimum absolute atomic E-state index is 0.411. The molecule has 0 nitrogen and oxygen atoms in total. The Morgan fingerprint density at radius 2 is 0.833 bits per heavy atom. The van der Waals surface area contributed by atoms with E-state index in [1.807, 2.05) is 0 Å². The first kappa shape index (κ1) is 17.1. The van der Waals surface area contributed by atoms with E-state index in [4.69, 9.17) is 0 Å². The molecule has 0 atom stereocenters. The topological polar surface area (TPSA) is 0 Å². The standard InChI is InChI=1S/C23H38B/c1-2-10-20(11-3-1)18-19-24(21-12-4-5-13-21,22-14-6-7-15-22)23-16-8-9-17-23/h20-23H,1-17H2/q-1. The van der Waals surface area contributed by atoms with Gasteiger partial charge in [-0.25, -0.2) is 0 Å². The Morgan fingerprint density at radius 1 is 0.458 bits per heavy atom. The summed E-state index contributed by atoms with van der Waals surface area (Å²) in [6, 6.07) is 0. The first-order valence-electron chi connectivity index (χ1n) is 11.6. The zero-order valence-electron chi connectivity index (χ0n) is 15.9. The van der Waals surface area contributed by atoms with E-state index in [0.717, 1.165) is 23.4 Å². The first-order valence-corrected chi connectivity index (χ1v) is 11.6. The predicted octanol–water partition coefficient (Wildman–Crippen LogP) is 7.39. The van der Waals surface area contributed by atoms with Gasteiger partial charge in [0.05, 0.1) is 6.15 Å². The molecule has 0 radical (unpaired) electrons. The maximum atomic E-state index is 4.24. The minimum Gasteiger partial charge on any atom is -0.314 e. The van der Waals surface area contributed by atoms with Gasteiger partial charge >= 0.3 is 0 Å². The molecule has 1 heteroatoms. The third-order valence-corrected chi connectivity index (χ3v) is 8.68. The van der Waals surface area contributed by atoms with E-state index in [1.54, 1.807) is 0 Å². The van der Waals surface area contributed by atoms with Gasteiger partial charge < -0.3 is 5.82 Å².